The molecule has 1 aromatic rings. The first kappa shape index (κ1) is 16.8. The average molecular weight is 327 g/mol. The summed E-state index contributed by atoms with van der Waals surface area (Å²) in [4.78, 5) is 12.0. The van der Waals surface area contributed by atoms with Gasteiger partial charge in [0, 0.05) is 12.1 Å². The van der Waals surface area contributed by atoms with Gasteiger partial charge in [-0.3, -0.25) is 4.79 Å². The molecule has 2 rings (SSSR count). The van der Waals surface area contributed by atoms with Crippen LogP contribution in [0.25, 0.3) is 0 Å². The third kappa shape index (κ3) is 3.12. The number of nitriles is 1. The summed E-state index contributed by atoms with van der Waals surface area (Å²) in [6.07, 6.45) is -5.88. The number of carbonyl (C=O) groups is 1. The maximum atomic E-state index is 13.0. The summed E-state index contributed by atoms with van der Waals surface area (Å²) >= 11 is 0. The van der Waals surface area contributed by atoms with Crippen molar-refractivity contribution in [2.24, 2.45) is 5.10 Å². The molecule has 23 heavy (non-hydrogen) atoms. The lowest BCUT2D eigenvalue weighted by atomic mass is 10.1. The normalized spacial score (nSPS) is 20.9. The van der Waals surface area contributed by atoms with Crippen LogP contribution in [0.2, 0.25) is 0 Å². The second-order valence-corrected chi connectivity index (χ2v) is 4.93. The fourth-order valence-corrected chi connectivity index (χ4v) is 2.09. The highest BCUT2D eigenvalue weighted by Crippen LogP contribution is 2.40. The Balaban J connectivity index is 2.15. The number of ether oxygens (including phenoxy) is 1. The molecule has 0 spiro atoms. The van der Waals surface area contributed by atoms with Crippen molar-refractivity contribution in [3.63, 3.8) is 0 Å². The zero-order valence-electron chi connectivity index (χ0n) is 12.0. The summed E-state index contributed by atoms with van der Waals surface area (Å²) in [5, 5.41) is 22.1. The zero-order chi connectivity index (χ0) is 17.3. The molecule has 0 saturated heterocycles. The molecule has 6 nitrogen and oxygen atoms in total. The number of alkyl halides is 3. The van der Waals surface area contributed by atoms with Gasteiger partial charge >= 0.3 is 6.18 Å². The summed E-state index contributed by atoms with van der Waals surface area (Å²) in [6, 6.07) is 7.79. The van der Waals surface area contributed by atoms with E-state index >= 15 is 0 Å². The highest BCUT2D eigenvalue weighted by atomic mass is 19.4. The minimum absolute atomic E-state index is 0.0165. The predicted octanol–water partition coefficient (Wildman–Crippen LogP) is 1.80. The Labute approximate surface area is 129 Å². The molecule has 9 heteroatoms. The molecule has 0 bridgehead atoms. The topological polar surface area (TPSA) is 85.9 Å². The lowest BCUT2D eigenvalue weighted by Crippen LogP contribution is -2.57. The van der Waals surface area contributed by atoms with Gasteiger partial charge in [0.05, 0.1) is 5.56 Å². The van der Waals surface area contributed by atoms with Crippen LogP contribution >= 0.6 is 0 Å². The lowest BCUT2D eigenvalue weighted by molar-refractivity contribution is -0.302. The van der Waals surface area contributed by atoms with E-state index in [1.165, 1.54) is 19.1 Å². The summed E-state index contributed by atoms with van der Waals surface area (Å²) < 4.78 is 44.1. The molecule has 0 aliphatic carbocycles. The number of carbonyl (C=O) groups excluding carboxylic acids is 1. The third-order valence-corrected chi connectivity index (χ3v) is 3.17. The molecule has 1 aromatic carbocycles. The van der Waals surface area contributed by atoms with Crippen LogP contribution in [0.3, 0.4) is 0 Å². The van der Waals surface area contributed by atoms with Gasteiger partial charge in [-0.1, -0.05) is 12.1 Å². The quantitative estimate of drug-likeness (QED) is 0.917. The number of para-hydroxylation sites is 1. The number of hydrogen-bond donors (Lipinski definition) is 1. The minimum Gasteiger partial charge on any atom is -0.482 e. The maximum absolute atomic E-state index is 13.0. The van der Waals surface area contributed by atoms with Crippen LogP contribution in [0.5, 0.6) is 5.75 Å². The smallest absolute Gasteiger partial charge is 0.438 e. The maximum Gasteiger partial charge on any atom is 0.438 e. The van der Waals surface area contributed by atoms with Gasteiger partial charge in [0.2, 0.25) is 0 Å². The Bertz CT molecular complexity index is 696. The minimum atomic E-state index is -5.06. The van der Waals surface area contributed by atoms with E-state index in [2.05, 4.69) is 5.10 Å². The predicted molar refractivity (Wildman–Crippen MR) is 72.2 cm³/mol. The Morgan fingerprint density at radius 2 is 2.17 bits per heavy atom. The number of halogens is 3. The van der Waals surface area contributed by atoms with Crippen LogP contribution in [0.1, 0.15) is 18.9 Å². The van der Waals surface area contributed by atoms with E-state index in [0.717, 1.165) is 0 Å². The molecule has 1 heterocycles. The zero-order valence-corrected chi connectivity index (χ0v) is 12.0. The largest absolute Gasteiger partial charge is 0.482 e. The lowest BCUT2D eigenvalue weighted by Gasteiger charge is -2.32. The fraction of sp³-hybridized carbons (Fsp3) is 0.357. The van der Waals surface area contributed by atoms with E-state index in [-0.39, 0.29) is 22.0 Å². The average Bonchev–Trinajstić information content (AvgIpc) is 2.81. The Kier molecular flexibility index (Phi) is 4.29. The van der Waals surface area contributed by atoms with Gasteiger partial charge < -0.3 is 9.84 Å². The van der Waals surface area contributed by atoms with Gasteiger partial charge in [0.25, 0.3) is 11.6 Å². The van der Waals surface area contributed by atoms with Crippen molar-refractivity contribution in [3.05, 3.63) is 29.8 Å². The Morgan fingerprint density at radius 1 is 1.52 bits per heavy atom. The molecule has 0 fully saturated rings. The van der Waals surface area contributed by atoms with Crippen molar-refractivity contribution in [1.82, 2.24) is 5.01 Å². The van der Waals surface area contributed by atoms with Gasteiger partial charge in [-0.2, -0.15) is 28.5 Å². The van der Waals surface area contributed by atoms with Crippen LogP contribution < -0.4 is 4.74 Å². The van der Waals surface area contributed by atoms with E-state index in [1.54, 1.807) is 12.1 Å². The molecule has 1 aliphatic heterocycles. The SMILES string of the molecule is CC1=NN(C(=O)COc2ccccc2C#N)C(O)(C(F)(F)F)C1. The van der Waals surface area contributed by atoms with Crippen molar-refractivity contribution in [2.75, 3.05) is 6.61 Å². The number of aliphatic hydroxyl groups is 1. The number of hydrazone groups is 1. The highest BCUT2D eigenvalue weighted by molar-refractivity contribution is 5.89. The first-order valence-electron chi connectivity index (χ1n) is 6.47. The van der Waals surface area contributed by atoms with Crippen LogP contribution in [-0.2, 0) is 4.79 Å². The molecule has 1 amide bonds. The van der Waals surface area contributed by atoms with E-state index in [1.807, 2.05) is 6.07 Å². The Hall–Kier alpha value is -2.60. The first-order chi connectivity index (χ1) is 10.7. The van der Waals surface area contributed by atoms with E-state index in [4.69, 9.17) is 10.00 Å². The van der Waals surface area contributed by atoms with Gasteiger partial charge in [-0.15, -0.1) is 0 Å². The van der Waals surface area contributed by atoms with Crippen molar-refractivity contribution in [3.8, 4) is 11.8 Å². The van der Waals surface area contributed by atoms with Crippen LogP contribution in [0, 0.1) is 11.3 Å². The number of rotatable bonds is 3. The highest BCUT2D eigenvalue weighted by Gasteiger charge is 2.62. The summed E-state index contributed by atoms with van der Waals surface area (Å²) in [5.41, 5.74) is -3.28. The van der Waals surface area contributed by atoms with E-state index in [0.29, 0.717) is 0 Å². The summed E-state index contributed by atoms with van der Waals surface area (Å²) in [7, 11) is 0. The Morgan fingerprint density at radius 3 is 2.78 bits per heavy atom. The second kappa shape index (κ2) is 5.89. The molecular weight excluding hydrogens is 315 g/mol. The fourth-order valence-electron chi connectivity index (χ4n) is 2.09. The molecule has 1 aliphatic rings. The summed E-state index contributed by atoms with van der Waals surface area (Å²) in [5.74, 6) is -1.12. The standard InChI is InChI=1S/C14H12F3N3O3/c1-9-6-13(22,14(15,16)17)20(19-9)12(21)8-23-11-5-3-2-4-10(11)7-18/h2-5,22H,6,8H2,1H3. The molecule has 1 N–H and O–H groups in total. The van der Waals surface area contributed by atoms with Gasteiger partial charge in [0.1, 0.15) is 11.8 Å². The van der Waals surface area contributed by atoms with Crippen LogP contribution in [0.4, 0.5) is 13.2 Å². The third-order valence-electron chi connectivity index (χ3n) is 3.17. The molecule has 1 unspecified atom stereocenters. The van der Waals surface area contributed by atoms with Crippen molar-refractivity contribution < 1.29 is 27.8 Å². The monoisotopic (exact) mass is 327 g/mol. The van der Waals surface area contributed by atoms with Gasteiger partial charge in [-0.25, -0.2) is 0 Å². The molecule has 0 saturated carbocycles. The second-order valence-electron chi connectivity index (χ2n) is 4.93. The van der Waals surface area contributed by atoms with Crippen LogP contribution in [-0.4, -0.2) is 40.2 Å². The number of benzene rings is 1. The van der Waals surface area contributed by atoms with Crippen LogP contribution in [0.15, 0.2) is 29.4 Å². The van der Waals surface area contributed by atoms with E-state index in [9.17, 15) is 23.1 Å². The first-order valence-corrected chi connectivity index (χ1v) is 6.47. The van der Waals surface area contributed by atoms with Crippen molar-refractivity contribution >= 4 is 11.6 Å². The molecule has 0 aromatic heterocycles. The number of nitrogens with zero attached hydrogens (tertiary/aromatic N) is 3. The van der Waals surface area contributed by atoms with E-state index < -0.39 is 30.8 Å². The van der Waals surface area contributed by atoms with Crippen molar-refractivity contribution in [2.45, 2.75) is 25.2 Å². The molecule has 1 atom stereocenters. The number of hydrogen-bond acceptors (Lipinski definition) is 5. The number of amides is 1. The van der Waals surface area contributed by atoms with Gasteiger partial charge in [-0.05, 0) is 19.1 Å². The summed E-state index contributed by atoms with van der Waals surface area (Å²) in [6.45, 7) is 0.476. The molecular formula is C14H12F3N3O3. The van der Waals surface area contributed by atoms with Gasteiger partial charge in [0.15, 0.2) is 6.61 Å². The molecule has 0 radical (unpaired) electrons. The van der Waals surface area contributed by atoms with Crippen molar-refractivity contribution in [1.29, 1.82) is 5.26 Å². The molecule has 122 valence electrons.